The van der Waals surface area contributed by atoms with E-state index in [0.717, 1.165) is 44.2 Å². The highest BCUT2D eigenvalue weighted by Gasteiger charge is 2.37. The van der Waals surface area contributed by atoms with Crippen LogP contribution < -0.4 is 9.62 Å². The third-order valence-corrected chi connectivity index (χ3v) is 9.87. The van der Waals surface area contributed by atoms with Gasteiger partial charge in [0, 0.05) is 12.6 Å². The molecule has 13 heteroatoms. The molecule has 242 valence electrons. The molecule has 1 aliphatic rings. The van der Waals surface area contributed by atoms with Crippen molar-refractivity contribution in [2.75, 3.05) is 10.8 Å². The summed E-state index contributed by atoms with van der Waals surface area (Å²) in [4.78, 5) is 28.6. The molecule has 0 spiro atoms. The number of sulfonamides is 1. The standard InChI is InChI=1S/C32H34ClF4N3O4S/c1-2-29(31(42)38-24-9-5-3-6-10-24)39(20-22-13-15-23(34)16-14-22)30(41)21-40(45(43,44)26-11-7-4-8-12-26)25-17-18-28(33)27(19-25)32(35,36)37/h4,7-8,11-19,24,29H,2-3,5-6,9-10,20-21H2,1H3,(H,38,42)/t29-/m0/s1. The minimum atomic E-state index is -4.90. The number of nitrogens with zero attached hydrogens (tertiary/aromatic N) is 2. The number of alkyl halides is 3. The smallest absolute Gasteiger partial charge is 0.352 e. The molecule has 0 aliphatic heterocycles. The lowest BCUT2D eigenvalue weighted by Gasteiger charge is -2.34. The van der Waals surface area contributed by atoms with Gasteiger partial charge in [0.25, 0.3) is 10.0 Å². The highest BCUT2D eigenvalue weighted by Crippen LogP contribution is 2.38. The van der Waals surface area contributed by atoms with E-state index in [-0.39, 0.29) is 23.9 Å². The molecule has 3 aromatic carbocycles. The van der Waals surface area contributed by atoms with Crippen molar-refractivity contribution < 1.29 is 35.6 Å². The lowest BCUT2D eigenvalue weighted by molar-refractivity contribution is -0.140. The second-order valence-electron chi connectivity index (χ2n) is 10.9. The average molecular weight is 668 g/mol. The van der Waals surface area contributed by atoms with E-state index < -0.39 is 62.7 Å². The number of benzene rings is 3. The van der Waals surface area contributed by atoms with Gasteiger partial charge >= 0.3 is 6.18 Å². The highest BCUT2D eigenvalue weighted by molar-refractivity contribution is 7.92. The number of rotatable bonds is 11. The number of anilines is 1. The van der Waals surface area contributed by atoms with Crippen LogP contribution >= 0.6 is 11.6 Å². The number of halogens is 5. The Morgan fingerprint density at radius 1 is 0.978 bits per heavy atom. The Bertz CT molecular complexity index is 1580. The first-order chi connectivity index (χ1) is 21.3. The molecule has 0 radical (unpaired) electrons. The zero-order valence-corrected chi connectivity index (χ0v) is 26.1. The molecule has 4 rings (SSSR count). The largest absolute Gasteiger partial charge is 0.417 e. The molecule has 1 saturated carbocycles. The Labute approximate surface area is 265 Å². The quantitative estimate of drug-likeness (QED) is 0.224. The molecule has 3 aromatic rings. The molecular weight excluding hydrogens is 634 g/mol. The van der Waals surface area contributed by atoms with Crippen LogP contribution in [0.25, 0.3) is 0 Å². The Kier molecular flexibility index (Phi) is 11.1. The van der Waals surface area contributed by atoms with Crippen LogP contribution in [0.3, 0.4) is 0 Å². The Morgan fingerprint density at radius 3 is 2.22 bits per heavy atom. The molecule has 1 aliphatic carbocycles. The number of carbonyl (C=O) groups is 2. The van der Waals surface area contributed by atoms with Gasteiger partial charge in [0.1, 0.15) is 18.4 Å². The van der Waals surface area contributed by atoms with E-state index in [2.05, 4.69) is 5.32 Å². The van der Waals surface area contributed by atoms with Gasteiger partial charge in [-0.25, -0.2) is 12.8 Å². The van der Waals surface area contributed by atoms with Crippen LogP contribution in [0.15, 0.2) is 77.7 Å². The van der Waals surface area contributed by atoms with Crippen molar-refractivity contribution >= 4 is 39.1 Å². The van der Waals surface area contributed by atoms with Crippen LogP contribution in [0.5, 0.6) is 0 Å². The summed E-state index contributed by atoms with van der Waals surface area (Å²) < 4.78 is 83.5. The van der Waals surface area contributed by atoms with E-state index >= 15 is 0 Å². The fourth-order valence-corrected chi connectivity index (χ4v) is 7.04. The van der Waals surface area contributed by atoms with Crippen molar-refractivity contribution in [1.29, 1.82) is 0 Å². The molecule has 0 aromatic heterocycles. The lowest BCUT2D eigenvalue weighted by Crippen LogP contribution is -2.54. The maximum Gasteiger partial charge on any atom is 0.417 e. The van der Waals surface area contributed by atoms with Gasteiger partial charge in [-0.1, -0.05) is 68.1 Å². The minimum absolute atomic E-state index is 0.0760. The molecule has 7 nitrogen and oxygen atoms in total. The van der Waals surface area contributed by atoms with Crippen molar-refractivity contribution in [2.45, 2.75) is 75.1 Å². The van der Waals surface area contributed by atoms with E-state index in [1.807, 2.05) is 0 Å². The van der Waals surface area contributed by atoms with Gasteiger partial charge in [0.05, 0.1) is 21.2 Å². The zero-order chi connectivity index (χ0) is 32.8. The van der Waals surface area contributed by atoms with Crippen LogP contribution in [0.4, 0.5) is 23.2 Å². The number of hydrogen-bond acceptors (Lipinski definition) is 4. The summed E-state index contributed by atoms with van der Waals surface area (Å²) in [6.45, 7) is 0.594. The van der Waals surface area contributed by atoms with Crippen LogP contribution in [-0.2, 0) is 32.3 Å². The number of amides is 2. The zero-order valence-electron chi connectivity index (χ0n) is 24.6. The number of hydrogen-bond donors (Lipinski definition) is 1. The Balaban J connectivity index is 1.76. The normalized spacial score (nSPS) is 14.9. The molecule has 45 heavy (non-hydrogen) atoms. The first-order valence-corrected chi connectivity index (χ1v) is 16.4. The topological polar surface area (TPSA) is 86.8 Å². The van der Waals surface area contributed by atoms with E-state index in [9.17, 15) is 35.6 Å². The van der Waals surface area contributed by atoms with Gasteiger partial charge in [-0.3, -0.25) is 13.9 Å². The summed E-state index contributed by atoms with van der Waals surface area (Å²) in [5.41, 5.74) is -1.24. The van der Waals surface area contributed by atoms with Crippen LogP contribution in [0.1, 0.15) is 56.6 Å². The summed E-state index contributed by atoms with van der Waals surface area (Å²) in [5, 5.41) is 2.37. The average Bonchev–Trinajstić information content (AvgIpc) is 3.01. The third kappa shape index (κ3) is 8.55. The summed E-state index contributed by atoms with van der Waals surface area (Å²) >= 11 is 5.82. The summed E-state index contributed by atoms with van der Waals surface area (Å²) in [6.07, 6.45) is -0.204. The predicted molar refractivity (Wildman–Crippen MR) is 163 cm³/mol. The molecule has 0 unspecified atom stereocenters. The monoisotopic (exact) mass is 667 g/mol. The van der Waals surface area contributed by atoms with Crippen molar-refractivity contribution in [1.82, 2.24) is 10.2 Å². The van der Waals surface area contributed by atoms with Gasteiger partial charge in [-0.15, -0.1) is 0 Å². The number of carbonyl (C=O) groups excluding carboxylic acids is 2. The maximum absolute atomic E-state index is 14.1. The van der Waals surface area contributed by atoms with Gasteiger partial charge in [0.2, 0.25) is 11.8 Å². The Hall–Kier alpha value is -3.64. The molecule has 0 heterocycles. The van der Waals surface area contributed by atoms with E-state index in [1.54, 1.807) is 13.0 Å². The molecule has 1 N–H and O–H groups in total. The first-order valence-electron chi connectivity index (χ1n) is 14.6. The Morgan fingerprint density at radius 2 is 1.62 bits per heavy atom. The molecule has 0 saturated heterocycles. The van der Waals surface area contributed by atoms with Gasteiger partial charge in [0.15, 0.2) is 0 Å². The number of nitrogens with one attached hydrogen (secondary N) is 1. The van der Waals surface area contributed by atoms with E-state index in [4.69, 9.17) is 11.6 Å². The molecule has 0 bridgehead atoms. The second kappa shape index (κ2) is 14.6. The van der Waals surface area contributed by atoms with Crippen molar-refractivity contribution in [3.63, 3.8) is 0 Å². The van der Waals surface area contributed by atoms with Crippen molar-refractivity contribution in [2.24, 2.45) is 0 Å². The van der Waals surface area contributed by atoms with Gasteiger partial charge in [-0.05, 0) is 67.3 Å². The molecule has 1 fully saturated rings. The van der Waals surface area contributed by atoms with E-state index in [1.165, 1.54) is 53.4 Å². The predicted octanol–water partition coefficient (Wildman–Crippen LogP) is 6.95. The summed E-state index contributed by atoms with van der Waals surface area (Å²) in [7, 11) is -4.59. The maximum atomic E-state index is 14.1. The fraction of sp³-hybridized carbons (Fsp3) is 0.375. The van der Waals surface area contributed by atoms with Crippen molar-refractivity contribution in [3.8, 4) is 0 Å². The van der Waals surface area contributed by atoms with E-state index in [0.29, 0.717) is 15.9 Å². The van der Waals surface area contributed by atoms with Gasteiger partial charge in [-0.2, -0.15) is 13.2 Å². The van der Waals surface area contributed by atoms with Gasteiger partial charge < -0.3 is 10.2 Å². The SMILES string of the molecule is CC[C@@H](C(=O)NC1CCCCC1)N(Cc1ccc(F)cc1)C(=O)CN(c1ccc(Cl)c(C(F)(F)F)c1)S(=O)(=O)c1ccccc1. The summed E-state index contributed by atoms with van der Waals surface area (Å²) in [5.74, 6) is -1.78. The minimum Gasteiger partial charge on any atom is -0.352 e. The molecule has 1 atom stereocenters. The third-order valence-electron chi connectivity index (χ3n) is 7.76. The second-order valence-corrected chi connectivity index (χ2v) is 13.2. The molecular formula is C32H34ClF4N3O4S. The fourth-order valence-electron chi connectivity index (χ4n) is 5.38. The summed E-state index contributed by atoms with van der Waals surface area (Å²) in [6, 6.07) is 13.7. The molecule has 2 amide bonds. The lowest BCUT2D eigenvalue weighted by atomic mass is 9.95. The first kappa shape index (κ1) is 34.2. The van der Waals surface area contributed by atoms with Crippen LogP contribution in [0.2, 0.25) is 5.02 Å². The van der Waals surface area contributed by atoms with Crippen molar-refractivity contribution in [3.05, 3.63) is 94.8 Å². The highest BCUT2D eigenvalue weighted by atomic mass is 35.5. The van der Waals surface area contributed by atoms with Crippen LogP contribution in [-0.4, -0.2) is 43.8 Å². The van der Waals surface area contributed by atoms with Crippen LogP contribution in [0, 0.1) is 5.82 Å².